The third-order valence-electron chi connectivity index (χ3n) is 1.82. The summed E-state index contributed by atoms with van der Waals surface area (Å²) in [5.74, 6) is 2.72. The van der Waals surface area contributed by atoms with E-state index < -0.39 is 0 Å². The van der Waals surface area contributed by atoms with E-state index in [9.17, 15) is 0 Å². The molecule has 0 aliphatic rings. The van der Waals surface area contributed by atoms with E-state index in [1.807, 2.05) is 32.8 Å². The van der Waals surface area contributed by atoms with Crippen LogP contribution in [-0.4, -0.2) is 20.1 Å². The van der Waals surface area contributed by atoms with Crippen LogP contribution in [0.5, 0.6) is 11.4 Å². The van der Waals surface area contributed by atoms with Crippen molar-refractivity contribution in [1.29, 1.82) is 0 Å². The van der Waals surface area contributed by atoms with Crippen LogP contribution in [0.25, 0.3) is 6.08 Å². The summed E-state index contributed by atoms with van der Waals surface area (Å²) in [6.07, 6.45) is 1.77. The van der Waals surface area contributed by atoms with Crippen molar-refractivity contribution in [2.45, 2.75) is 13.8 Å². The second kappa shape index (κ2) is 5.48. The van der Waals surface area contributed by atoms with Crippen molar-refractivity contribution in [2.24, 2.45) is 0 Å². The number of hydrogen-bond donors (Lipinski definition) is 0. The van der Waals surface area contributed by atoms with Gasteiger partial charge in [-0.05, 0) is 0 Å². The van der Waals surface area contributed by atoms with Crippen molar-refractivity contribution < 1.29 is 9.47 Å². The number of rotatable bonds is 5. The molecule has 1 heterocycles. The van der Waals surface area contributed by atoms with Crippen LogP contribution in [0.1, 0.15) is 19.4 Å². The van der Waals surface area contributed by atoms with Gasteiger partial charge in [0.1, 0.15) is 0 Å². The molecule has 0 aliphatic carbocycles. The molecule has 1 rings (SSSR count). The van der Waals surface area contributed by atoms with Gasteiger partial charge in [0, 0.05) is 0 Å². The Morgan fingerprint density at radius 1 is 1.36 bits per heavy atom. The van der Waals surface area contributed by atoms with Gasteiger partial charge in [0.25, 0.3) is 0 Å². The van der Waals surface area contributed by atoms with Crippen molar-refractivity contribution in [3.8, 4) is 11.4 Å². The van der Waals surface area contributed by atoms with Gasteiger partial charge in [-0.2, -0.15) is 0 Å². The molecule has 0 N–H and O–H groups in total. The van der Waals surface area contributed by atoms with Crippen LogP contribution in [0.3, 0.4) is 0 Å². The van der Waals surface area contributed by atoms with Crippen LogP contribution in [-0.2, 0) is 0 Å². The summed E-state index contributed by atoms with van der Waals surface area (Å²) in [6.45, 7) is 10.8. The average molecular weight is 190 g/mol. The molecular weight excluding hydrogens is 175 g/mol. The molecule has 0 fully saturated rings. The normalized spacial score (nSPS) is 9.29. The van der Waals surface area contributed by atoms with E-state index in [1.165, 1.54) is 0 Å². The van der Waals surface area contributed by atoms with Gasteiger partial charge < -0.3 is 0 Å². The monoisotopic (exact) mass is 190 g/mol. The molecule has 0 aromatic carbocycles. The van der Waals surface area contributed by atoms with Crippen LogP contribution >= 0.6 is 0 Å². The molecule has 74 valence electrons. The molecular formula is C11H15BO2. The fourth-order valence-corrected chi connectivity index (χ4v) is 1.26. The maximum absolute atomic E-state index is 5.52. The van der Waals surface area contributed by atoms with E-state index in [2.05, 4.69) is 6.58 Å². The summed E-state index contributed by atoms with van der Waals surface area (Å²) in [7, 11) is 0. The molecule has 0 saturated carbocycles. The fourth-order valence-electron chi connectivity index (χ4n) is 1.26. The Balaban J connectivity index is 3.06. The fraction of sp³-hybridized carbons (Fsp3) is 0.364. The van der Waals surface area contributed by atoms with Crippen LogP contribution in [0.15, 0.2) is 18.6 Å². The van der Waals surface area contributed by atoms with Crippen molar-refractivity contribution in [2.75, 3.05) is 13.2 Å². The average Bonchev–Trinajstić information content (AvgIpc) is 2.21. The van der Waals surface area contributed by atoms with Crippen LogP contribution in [0.4, 0.5) is 0 Å². The molecule has 1 aromatic heterocycles. The summed E-state index contributed by atoms with van der Waals surface area (Å²) in [6, 6.07) is 1.96. The first-order chi connectivity index (χ1) is 6.83. The van der Waals surface area contributed by atoms with Crippen molar-refractivity contribution >= 4 is 13.0 Å². The Hall–Kier alpha value is -1.25. The van der Waals surface area contributed by atoms with Gasteiger partial charge >= 0.3 is 85.1 Å². The molecule has 0 aliphatic heterocycles. The first-order valence-corrected chi connectivity index (χ1v) is 4.84. The zero-order valence-corrected chi connectivity index (χ0v) is 8.75. The van der Waals surface area contributed by atoms with Crippen molar-refractivity contribution in [3.05, 3.63) is 24.2 Å². The standard InChI is InChI=1S/C11H15BO2/c1-4-9-7-8-12-11(14-6-3)10(9)13-5-2/h4,7-8H,1,5-6H2,2-3H3. The predicted octanol–water partition coefficient (Wildman–Crippen LogP) is 2.47. The summed E-state index contributed by atoms with van der Waals surface area (Å²) in [4.78, 5) is 0. The van der Waals surface area contributed by atoms with E-state index in [4.69, 9.17) is 9.47 Å². The summed E-state index contributed by atoms with van der Waals surface area (Å²) in [5.41, 5.74) is 1.75. The number of hydrogen-bond acceptors (Lipinski definition) is 2. The van der Waals surface area contributed by atoms with Crippen LogP contribution < -0.4 is 9.47 Å². The molecule has 14 heavy (non-hydrogen) atoms. The third-order valence-corrected chi connectivity index (χ3v) is 1.82. The Kier molecular flexibility index (Phi) is 4.24. The summed E-state index contributed by atoms with van der Waals surface area (Å²) < 4.78 is 11.0. The zero-order valence-electron chi connectivity index (χ0n) is 8.75. The SMILES string of the molecule is C=Cc1ccbc(OCC)c1OCC. The molecule has 0 radical (unpaired) electrons. The van der Waals surface area contributed by atoms with Gasteiger partial charge in [0.15, 0.2) is 0 Å². The van der Waals surface area contributed by atoms with Gasteiger partial charge in [-0.15, -0.1) is 0 Å². The quantitative estimate of drug-likeness (QED) is 0.709. The minimum atomic E-state index is 0.630. The molecule has 0 spiro atoms. The minimum absolute atomic E-state index is 0.630. The van der Waals surface area contributed by atoms with Gasteiger partial charge in [-0.3, -0.25) is 0 Å². The second-order valence-corrected chi connectivity index (χ2v) is 2.74. The molecule has 3 heteroatoms. The molecule has 0 atom stereocenters. The Morgan fingerprint density at radius 3 is 2.64 bits per heavy atom. The first-order valence-electron chi connectivity index (χ1n) is 4.84. The predicted molar refractivity (Wildman–Crippen MR) is 60.2 cm³/mol. The summed E-state index contributed by atoms with van der Waals surface area (Å²) in [5, 5.41) is 0. The van der Waals surface area contributed by atoms with E-state index >= 15 is 0 Å². The van der Waals surface area contributed by atoms with Gasteiger partial charge in [0.05, 0.1) is 0 Å². The van der Waals surface area contributed by atoms with Gasteiger partial charge in [-0.25, -0.2) is 0 Å². The third kappa shape index (κ3) is 2.38. The molecule has 0 amide bonds. The number of ether oxygens (including phenoxy) is 2. The second-order valence-electron chi connectivity index (χ2n) is 2.74. The van der Waals surface area contributed by atoms with E-state index in [0.29, 0.717) is 13.2 Å². The Labute approximate surface area is 85.8 Å². The molecule has 2 nitrogen and oxygen atoms in total. The van der Waals surface area contributed by atoms with E-state index in [-0.39, 0.29) is 0 Å². The van der Waals surface area contributed by atoms with E-state index in [1.54, 1.807) is 6.08 Å². The molecule has 0 saturated heterocycles. The molecule has 1 aromatic rings. The van der Waals surface area contributed by atoms with Crippen LogP contribution in [0.2, 0.25) is 0 Å². The van der Waals surface area contributed by atoms with Crippen molar-refractivity contribution in [3.63, 3.8) is 0 Å². The van der Waals surface area contributed by atoms with Gasteiger partial charge in [0.2, 0.25) is 0 Å². The molecule has 0 unspecified atom stereocenters. The summed E-state index contributed by atoms with van der Waals surface area (Å²) >= 11 is 0. The molecule has 0 bridgehead atoms. The van der Waals surface area contributed by atoms with Crippen LogP contribution in [0, 0.1) is 0 Å². The topological polar surface area (TPSA) is 18.5 Å². The zero-order chi connectivity index (χ0) is 10.4. The van der Waals surface area contributed by atoms with Crippen molar-refractivity contribution in [1.82, 2.24) is 0 Å². The first kappa shape index (κ1) is 10.8. The van der Waals surface area contributed by atoms with E-state index in [0.717, 1.165) is 17.0 Å². The van der Waals surface area contributed by atoms with Gasteiger partial charge in [-0.1, -0.05) is 0 Å². The Bertz CT molecular complexity index is 310. The maximum atomic E-state index is 5.52. The Morgan fingerprint density at radius 2 is 2.07 bits per heavy atom.